The van der Waals surface area contributed by atoms with Crippen molar-refractivity contribution in [3.63, 3.8) is 0 Å². The first-order valence-corrected chi connectivity index (χ1v) is 9.03. The zero-order valence-electron chi connectivity index (χ0n) is 15.8. The van der Waals surface area contributed by atoms with Gasteiger partial charge in [-0.05, 0) is 54.5 Å². The Balaban J connectivity index is 1.98. The molecule has 1 aromatic carbocycles. The maximum Gasteiger partial charge on any atom is 0.123 e. The van der Waals surface area contributed by atoms with Crippen LogP contribution in [0.3, 0.4) is 0 Å². The highest BCUT2D eigenvalue weighted by molar-refractivity contribution is 5.29. The number of aliphatic hydroxyl groups is 3. The van der Waals surface area contributed by atoms with Gasteiger partial charge in [0.1, 0.15) is 11.6 Å². The monoisotopic (exact) mass is 363 g/mol. The molecule has 2 atom stereocenters. The lowest BCUT2D eigenvalue weighted by molar-refractivity contribution is 0.150. The van der Waals surface area contributed by atoms with E-state index in [1.54, 1.807) is 6.08 Å². The third kappa shape index (κ3) is 4.93. The first-order chi connectivity index (χ1) is 12.2. The summed E-state index contributed by atoms with van der Waals surface area (Å²) in [6, 6.07) is 6.78. The molecule has 5 heteroatoms. The summed E-state index contributed by atoms with van der Waals surface area (Å²) in [6.45, 7) is 6.60. The molecule has 0 fully saturated rings. The second kappa shape index (κ2) is 8.33. The summed E-state index contributed by atoms with van der Waals surface area (Å²) in [5.74, 6) is -0.150. The van der Waals surface area contributed by atoms with Crippen LogP contribution in [0.2, 0.25) is 0 Å². The van der Waals surface area contributed by atoms with Crippen molar-refractivity contribution >= 4 is 0 Å². The van der Waals surface area contributed by atoms with Gasteiger partial charge < -0.3 is 20.6 Å². The van der Waals surface area contributed by atoms with E-state index in [0.717, 1.165) is 12.0 Å². The van der Waals surface area contributed by atoms with Crippen LogP contribution in [0, 0.1) is 11.2 Å². The van der Waals surface area contributed by atoms with Crippen molar-refractivity contribution in [1.82, 2.24) is 5.32 Å². The third-order valence-corrected chi connectivity index (χ3v) is 5.27. The maximum absolute atomic E-state index is 13.2. The summed E-state index contributed by atoms with van der Waals surface area (Å²) >= 11 is 0. The molecule has 2 unspecified atom stereocenters. The number of aliphatic hydroxyl groups excluding tert-OH is 3. The zero-order valence-corrected chi connectivity index (χ0v) is 15.8. The molecule has 0 saturated heterocycles. The zero-order chi connectivity index (χ0) is 19.4. The van der Waals surface area contributed by atoms with Gasteiger partial charge in [0.05, 0.1) is 13.2 Å². The summed E-state index contributed by atoms with van der Waals surface area (Å²) < 4.78 is 13.2. The van der Waals surface area contributed by atoms with Gasteiger partial charge in [-0.3, -0.25) is 0 Å². The molecule has 144 valence electrons. The van der Waals surface area contributed by atoms with Crippen molar-refractivity contribution in [2.75, 3.05) is 19.8 Å². The van der Waals surface area contributed by atoms with E-state index >= 15 is 0 Å². The van der Waals surface area contributed by atoms with E-state index in [1.165, 1.54) is 12.1 Å². The van der Waals surface area contributed by atoms with E-state index in [2.05, 4.69) is 26.1 Å². The van der Waals surface area contributed by atoms with Crippen LogP contribution in [0.25, 0.3) is 0 Å². The molecule has 0 radical (unpaired) electrons. The second-order valence-corrected chi connectivity index (χ2v) is 8.05. The highest BCUT2D eigenvalue weighted by Gasteiger charge is 2.32. The van der Waals surface area contributed by atoms with Gasteiger partial charge >= 0.3 is 0 Å². The Kier molecular flexibility index (Phi) is 6.61. The van der Waals surface area contributed by atoms with Crippen LogP contribution in [0.4, 0.5) is 4.39 Å². The number of hydrogen-bond acceptors (Lipinski definition) is 4. The highest BCUT2D eigenvalue weighted by atomic mass is 19.1. The molecule has 0 aliphatic heterocycles. The van der Waals surface area contributed by atoms with Crippen molar-refractivity contribution in [3.8, 4) is 0 Å². The Morgan fingerprint density at radius 3 is 2.46 bits per heavy atom. The van der Waals surface area contributed by atoms with E-state index in [1.807, 2.05) is 18.2 Å². The molecule has 0 amide bonds. The minimum Gasteiger partial charge on any atom is -0.508 e. The van der Waals surface area contributed by atoms with Gasteiger partial charge in [-0.15, -0.1) is 0 Å². The van der Waals surface area contributed by atoms with Gasteiger partial charge in [-0.2, -0.15) is 0 Å². The number of nitrogens with one attached hydrogen (secondary N) is 1. The highest BCUT2D eigenvalue weighted by Crippen LogP contribution is 2.34. The summed E-state index contributed by atoms with van der Waals surface area (Å²) in [4.78, 5) is 0. The fraction of sp³-hybridized carbons (Fsp3) is 0.524. The topological polar surface area (TPSA) is 72.7 Å². The molecule has 2 rings (SSSR count). The van der Waals surface area contributed by atoms with Gasteiger partial charge in [0.2, 0.25) is 0 Å². The molecular weight excluding hydrogens is 333 g/mol. The SMILES string of the molecule is CC(CC(C)(C)c1ccc(F)cc1)NCC1(CO)C=CC(O)=C(CO)C1. The Bertz CT molecular complexity index is 666. The lowest BCUT2D eigenvalue weighted by atomic mass is 9.77. The van der Waals surface area contributed by atoms with Crippen LogP contribution in [0.5, 0.6) is 0 Å². The lowest BCUT2D eigenvalue weighted by Gasteiger charge is -2.35. The Morgan fingerprint density at radius 2 is 1.88 bits per heavy atom. The van der Waals surface area contributed by atoms with Crippen molar-refractivity contribution < 1.29 is 19.7 Å². The van der Waals surface area contributed by atoms with Crippen molar-refractivity contribution in [2.24, 2.45) is 5.41 Å². The summed E-state index contributed by atoms with van der Waals surface area (Å²) in [7, 11) is 0. The van der Waals surface area contributed by atoms with Crippen LogP contribution >= 0.6 is 0 Å². The largest absolute Gasteiger partial charge is 0.508 e. The quantitative estimate of drug-likeness (QED) is 0.572. The van der Waals surface area contributed by atoms with Gasteiger partial charge in [-0.1, -0.05) is 32.1 Å². The van der Waals surface area contributed by atoms with Crippen LogP contribution in [-0.4, -0.2) is 41.1 Å². The van der Waals surface area contributed by atoms with Crippen LogP contribution in [0.1, 0.15) is 39.2 Å². The number of rotatable bonds is 8. The normalized spacial score (nSPS) is 21.9. The minimum absolute atomic E-state index is 0.0681. The van der Waals surface area contributed by atoms with Crippen molar-refractivity contribution in [3.05, 3.63) is 59.1 Å². The summed E-state index contributed by atoms with van der Waals surface area (Å²) in [6.07, 6.45) is 4.63. The van der Waals surface area contributed by atoms with E-state index in [4.69, 9.17) is 0 Å². The molecule has 0 heterocycles. The maximum atomic E-state index is 13.2. The first-order valence-electron chi connectivity index (χ1n) is 9.03. The molecule has 0 aromatic heterocycles. The molecule has 26 heavy (non-hydrogen) atoms. The molecule has 0 saturated carbocycles. The van der Waals surface area contributed by atoms with Gasteiger partial charge in [-0.25, -0.2) is 4.39 Å². The average Bonchev–Trinajstić information content (AvgIpc) is 2.61. The van der Waals surface area contributed by atoms with Gasteiger partial charge in [0.25, 0.3) is 0 Å². The van der Waals surface area contributed by atoms with Crippen LogP contribution in [-0.2, 0) is 5.41 Å². The molecule has 0 spiro atoms. The standard InChI is InChI=1S/C21H30FNO3/c1-15(10-20(2,3)17-4-6-18(22)7-5-17)23-13-21(14-25)9-8-19(26)16(11-21)12-24/h4-9,15,23-26H,10-14H2,1-3H3. The Hall–Kier alpha value is -1.69. The molecule has 0 bridgehead atoms. The van der Waals surface area contributed by atoms with E-state index in [0.29, 0.717) is 18.5 Å². The fourth-order valence-corrected chi connectivity index (χ4v) is 3.60. The smallest absolute Gasteiger partial charge is 0.123 e. The molecule has 1 aromatic rings. The average molecular weight is 363 g/mol. The molecule has 4 nitrogen and oxygen atoms in total. The molecule has 4 N–H and O–H groups in total. The van der Waals surface area contributed by atoms with Gasteiger partial charge in [0.15, 0.2) is 0 Å². The van der Waals surface area contributed by atoms with Gasteiger partial charge in [0, 0.05) is 18.0 Å². The lowest BCUT2D eigenvalue weighted by Crippen LogP contribution is -2.43. The Labute approximate surface area is 155 Å². The fourth-order valence-electron chi connectivity index (χ4n) is 3.60. The van der Waals surface area contributed by atoms with Crippen LogP contribution in [0.15, 0.2) is 47.7 Å². The molecule has 1 aliphatic carbocycles. The molecular formula is C21H30FNO3. The predicted octanol–water partition coefficient (Wildman–Crippen LogP) is 3.21. The number of allylic oxidation sites excluding steroid dienone is 1. The van der Waals surface area contributed by atoms with E-state index < -0.39 is 5.41 Å². The molecule has 1 aliphatic rings. The van der Waals surface area contributed by atoms with Crippen molar-refractivity contribution in [2.45, 2.75) is 45.1 Å². The number of benzene rings is 1. The van der Waals surface area contributed by atoms with E-state index in [9.17, 15) is 19.7 Å². The van der Waals surface area contributed by atoms with Crippen LogP contribution < -0.4 is 5.32 Å². The number of halogens is 1. The Morgan fingerprint density at radius 1 is 1.23 bits per heavy atom. The third-order valence-electron chi connectivity index (χ3n) is 5.27. The number of hydrogen-bond donors (Lipinski definition) is 4. The summed E-state index contributed by atoms with van der Waals surface area (Å²) in [5.41, 5.74) is 0.974. The van der Waals surface area contributed by atoms with E-state index in [-0.39, 0.29) is 36.2 Å². The second-order valence-electron chi connectivity index (χ2n) is 8.05. The van der Waals surface area contributed by atoms with Crippen molar-refractivity contribution in [1.29, 1.82) is 0 Å². The minimum atomic E-state index is -0.529. The first kappa shape index (κ1) is 20.6. The predicted molar refractivity (Wildman–Crippen MR) is 102 cm³/mol. The summed E-state index contributed by atoms with van der Waals surface area (Å²) in [5, 5.41) is 32.5.